The molecule has 0 aliphatic heterocycles. The van der Waals surface area contributed by atoms with E-state index in [1.807, 2.05) is 0 Å². The maximum Gasteiger partial charge on any atom is 0.573 e. The van der Waals surface area contributed by atoms with Gasteiger partial charge in [0.1, 0.15) is 17.8 Å². The lowest BCUT2D eigenvalue weighted by atomic mass is 10.0. The van der Waals surface area contributed by atoms with Crippen LogP contribution in [0.25, 0.3) is 0 Å². The number of nitrogens with two attached hydrogens (primary N) is 1. The van der Waals surface area contributed by atoms with Crippen molar-refractivity contribution in [2.45, 2.75) is 103 Å². The van der Waals surface area contributed by atoms with Gasteiger partial charge < -0.3 is 21.1 Å². The predicted molar refractivity (Wildman–Crippen MR) is 142 cm³/mol. The summed E-state index contributed by atoms with van der Waals surface area (Å²) < 4.78 is 40.8. The number of benzene rings is 1. The van der Waals surface area contributed by atoms with E-state index in [4.69, 9.17) is 5.73 Å². The number of nitrogen functional groups attached to an aromatic ring is 1. The minimum atomic E-state index is -4.72. The van der Waals surface area contributed by atoms with E-state index >= 15 is 0 Å². The zero-order valence-corrected chi connectivity index (χ0v) is 21.5. The maximum atomic E-state index is 12.3. The molecule has 0 radical (unpaired) electrons. The molecule has 0 aliphatic rings. The third kappa shape index (κ3) is 12.8. The topological polar surface area (TPSA) is 85.1 Å². The van der Waals surface area contributed by atoms with Crippen LogP contribution in [0.5, 0.6) is 5.75 Å². The fraction of sp³-hybridized carbons (Fsp3) is 0.630. The second-order valence-electron chi connectivity index (χ2n) is 9.20. The Morgan fingerprint density at radius 2 is 1.25 bits per heavy atom. The predicted octanol–water partition coefficient (Wildman–Crippen LogP) is 8.59. The van der Waals surface area contributed by atoms with E-state index in [9.17, 15) is 13.2 Å². The Morgan fingerprint density at radius 1 is 0.750 bits per heavy atom. The Labute approximate surface area is 213 Å². The van der Waals surface area contributed by atoms with Crippen molar-refractivity contribution in [3.63, 3.8) is 0 Å². The van der Waals surface area contributed by atoms with Gasteiger partial charge in [0, 0.05) is 12.2 Å². The van der Waals surface area contributed by atoms with Crippen molar-refractivity contribution in [2.75, 3.05) is 22.9 Å². The van der Waals surface area contributed by atoms with Crippen molar-refractivity contribution < 1.29 is 17.9 Å². The molecule has 0 saturated carbocycles. The quantitative estimate of drug-likeness (QED) is 0.164. The van der Waals surface area contributed by atoms with E-state index in [0.29, 0.717) is 23.0 Å². The first kappa shape index (κ1) is 29.5. The highest BCUT2D eigenvalue weighted by Crippen LogP contribution is 2.28. The normalized spacial score (nSPS) is 11.4. The van der Waals surface area contributed by atoms with Crippen molar-refractivity contribution in [3.05, 3.63) is 30.6 Å². The summed E-state index contributed by atoms with van der Waals surface area (Å²) in [5, 5.41) is 6.26. The van der Waals surface area contributed by atoms with E-state index in [0.717, 1.165) is 19.4 Å². The van der Waals surface area contributed by atoms with Crippen LogP contribution in [-0.2, 0) is 0 Å². The van der Waals surface area contributed by atoms with E-state index < -0.39 is 6.36 Å². The van der Waals surface area contributed by atoms with E-state index in [-0.39, 0.29) is 5.75 Å². The lowest BCUT2D eigenvalue weighted by Crippen LogP contribution is -2.17. The summed E-state index contributed by atoms with van der Waals surface area (Å²) in [6.07, 6.45) is 15.1. The molecule has 0 bridgehead atoms. The van der Waals surface area contributed by atoms with Gasteiger partial charge in [-0.2, -0.15) is 0 Å². The summed E-state index contributed by atoms with van der Waals surface area (Å²) in [7, 11) is 0. The van der Waals surface area contributed by atoms with E-state index in [2.05, 4.69) is 32.3 Å². The summed E-state index contributed by atoms with van der Waals surface area (Å²) in [4.78, 5) is 8.35. The Hall–Kier alpha value is -2.71. The van der Waals surface area contributed by atoms with Gasteiger partial charge in [-0.25, -0.2) is 9.97 Å². The molecule has 0 fully saturated rings. The van der Waals surface area contributed by atoms with Gasteiger partial charge in [0.2, 0.25) is 0 Å². The number of nitrogens with one attached hydrogen (secondary N) is 2. The summed E-state index contributed by atoms with van der Waals surface area (Å²) in [6.45, 7) is 3.03. The van der Waals surface area contributed by atoms with Crippen molar-refractivity contribution in [1.29, 1.82) is 0 Å². The highest BCUT2D eigenvalue weighted by molar-refractivity contribution is 5.77. The molecule has 0 aliphatic carbocycles. The van der Waals surface area contributed by atoms with Gasteiger partial charge in [0.15, 0.2) is 11.6 Å². The monoisotopic (exact) mass is 509 g/mol. The lowest BCUT2D eigenvalue weighted by Gasteiger charge is -2.13. The van der Waals surface area contributed by atoms with Gasteiger partial charge in [0.25, 0.3) is 0 Å². The number of rotatable bonds is 19. The molecule has 202 valence electrons. The van der Waals surface area contributed by atoms with Crippen LogP contribution in [0.3, 0.4) is 0 Å². The smallest absolute Gasteiger partial charge is 0.406 e. The second kappa shape index (κ2) is 16.9. The fourth-order valence-electron chi connectivity index (χ4n) is 4.04. The first-order valence-electron chi connectivity index (χ1n) is 13.4. The number of alkyl halides is 3. The second-order valence-corrected chi connectivity index (χ2v) is 9.20. The highest BCUT2D eigenvalue weighted by Gasteiger charge is 2.30. The maximum absolute atomic E-state index is 12.3. The van der Waals surface area contributed by atoms with Gasteiger partial charge in [-0.15, -0.1) is 13.2 Å². The molecule has 9 heteroatoms. The first-order chi connectivity index (χ1) is 17.4. The van der Waals surface area contributed by atoms with Crippen LogP contribution in [0.4, 0.5) is 36.2 Å². The fourth-order valence-corrected chi connectivity index (χ4v) is 4.04. The number of aromatic nitrogens is 2. The molecule has 0 saturated heterocycles. The average molecular weight is 510 g/mol. The number of ether oxygens (including phenoxy) is 1. The molecule has 2 aromatic rings. The van der Waals surface area contributed by atoms with Crippen molar-refractivity contribution in [2.24, 2.45) is 0 Å². The lowest BCUT2D eigenvalue weighted by molar-refractivity contribution is -0.274. The number of hydrogen-bond acceptors (Lipinski definition) is 6. The SMILES string of the molecule is CCCCCCCCCCCCCCCCNc1ncnc(Nc2ccc(OC(F)(F)F)cc2)c1N. The Morgan fingerprint density at radius 3 is 1.78 bits per heavy atom. The Bertz CT molecular complexity index is 846. The van der Waals surface area contributed by atoms with Crippen LogP contribution in [0.15, 0.2) is 30.6 Å². The molecule has 36 heavy (non-hydrogen) atoms. The van der Waals surface area contributed by atoms with Gasteiger partial charge in [-0.3, -0.25) is 0 Å². The van der Waals surface area contributed by atoms with Gasteiger partial charge >= 0.3 is 6.36 Å². The minimum Gasteiger partial charge on any atom is -0.406 e. The van der Waals surface area contributed by atoms with Crippen LogP contribution in [0.1, 0.15) is 96.8 Å². The zero-order valence-electron chi connectivity index (χ0n) is 21.5. The molecule has 4 N–H and O–H groups in total. The number of halogens is 3. The van der Waals surface area contributed by atoms with Crippen LogP contribution in [-0.4, -0.2) is 22.9 Å². The first-order valence-corrected chi connectivity index (χ1v) is 13.4. The van der Waals surface area contributed by atoms with E-state index in [1.165, 1.54) is 108 Å². The molecule has 0 atom stereocenters. The summed E-state index contributed by atoms with van der Waals surface area (Å²) in [6, 6.07) is 5.37. The molecular weight excluding hydrogens is 467 g/mol. The van der Waals surface area contributed by atoms with Crippen molar-refractivity contribution in [3.8, 4) is 5.75 Å². The minimum absolute atomic E-state index is 0.292. The Kier molecular flexibility index (Phi) is 13.8. The summed E-state index contributed by atoms with van der Waals surface area (Å²) >= 11 is 0. The molecule has 2 rings (SSSR count). The number of unbranched alkanes of at least 4 members (excludes halogenated alkanes) is 13. The third-order valence-electron chi connectivity index (χ3n) is 6.06. The zero-order chi connectivity index (χ0) is 26.1. The van der Waals surface area contributed by atoms with Crippen LogP contribution >= 0.6 is 0 Å². The van der Waals surface area contributed by atoms with Crippen LogP contribution in [0, 0.1) is 0 Å². The molecule has 1 heterocycles. The van der Waals surface area contributed by atoms with E-state index in [1.54, 1.807) is 0 Å². The molecule has 0 spiro atoms. The van der Waals surface area contributed by atoms with Gasteiger partial charge in [-0.05, 0) is 30.7 Å². The van der Waals surface area contributed by atoms with Crippen LogP contribution in [0.2, 0.25) is 0 Å². The van der Waals surface area contributed by atoms with Gasteiger partial charge in [0.05, 0.1) is 0 Å². The molecule has 0 amide bonds. The number of anilines is 4. The average Bonchev–Trinajstić information content (AvgIpc) is 2.84. The molecule has 6 nitrogen and oxygen atoms in total. The number of nitrogens with zero attached hydrogens (tertiary/aromatic N) is 2. The van der Waals surface area contributed by atoms with Crippen LogP contribution < -0.4 is 21.1 Å². The Balaban J connectivity index is 1.57. The summed E-state index contributed by atoms with van der Waals surface area (Å²) in [5.74, 6) is 0.636. The van der Waals surface area contributed by atoms with Crippen molar-refractivity contribution in [1.82, 2.24) is 9.97 Å². The number of hydrogen-bond donors (Lipinski definition) is 3. The molecule has 1 aromatic heterocycles. The molecule has 1 aromatic carbocycles. The largest absolute Gasteiger partial charge is 0.573 e. The molecule has 0 unspecified atom stereocenters. The molecular formula is C27H42F3N5O. The van der Waals surface area contributed by atoms with Gasteiger partial charge in [-0.1, -0.05) is 90.4 Å². The third-order valence-corrected chi connectivity index (χ3v) is 6.06. The summed E-state index contributed by atoms with van der Waals surface area (Å²) in [5.41, 5.74) is 7.08. The van der Waals surface area contributed by atoms with Crippen molar-refractivity contribution >= 4 is 23.0 Å². The standard InChI is InChI=1S/C27H42F3N5O/c1-2-3-4-5-6-7-8-9-10-11-12-13-14-15-20-32-25-24(31)26(34-21-33-25)35-22-16-18-23(19-17-22)36-27(28,29)30/h16-19,21H,2-15,20,31H2,1H3,(H2,32,33,34,35). The highest BCUT2D eigenvalue weighted by atomic mass is 19.4.